The summed E-state index contributed by atoms with van der Waals surface area (Å²) in [5, 5.41) is 10.7. The van der Waals surface area contributed by atoms with Gasteiger partial charge in [0.25, 0.3) is 11.8 Å². The summed E-state index contributed by atoms with van der Waals surface area (Å²) in [5.74, 6) is 5.47. The van der Waals surface area contributed by atoms with E-state index in [-0.39, 0.29) is 18.4 Å². The highest BCUT2D eigenvalue weighted by Crippen LogP contribution is 2.32. The van der Waals surface area contributed by atoms with Crippen LogP contribution in [0.4, 0.5) is 0 Å². The van der Waals surface area contributed by atoms with Crippen LogP contribution in [0.5, 0.6) is 0 Å². The Balaban J connectivity index is 1.39. The molecule has 0 saturated heterocycles. The minimum Gasteiger partial charge on any atom is -0.390 e. The first-order valence-electron chi connectivity index (χ1n) is 10.3. The van der Waals surface area contributed by atoms with E-state index in [1.807, 2.05) is 18.2 Å². The molecule has 4 heteroatoms. The van der Waals surface area contributed by atoms with Crippen LogP contribution in [0, 0.1) is 11.8 Å². The number of amides is 2. The average Bonchev–Trinajstić information content (AvgIpc) is 2.98. The smallest absolute Gasteiger partial charge is 0.262 e. The summed E-state index contributed by atoms with van der Waals surface area (Å²) in [6.45, 7) is 0.0797. The summed E-state index contributed by atoms with van der Waals surface area (Å²) in [6.07, 6.45) is 6.84. The summed E-state index contributed by atoms with van der Waals surface area (Å²) in [4.78, 5) is 26.0. The molecule has 0 spiro atoms. The van der Waals surface area contributed by atoms with Gasteiger partial charge in [-0.2, -0.15) is 0 Å². The lowest BCUT2D eigenvalue weighted by molar-refractivity contribution is -0.00342. The van der Waals surface area contributed by atoms with E-state index in [4.69, 9.17) is 0 Å². The van der Waals surface area contributed by atoms with Crippen LogP contribution in [0.1, 0.15) is 70.4 Å². The number of hydrogen-bond acceptors (Lipinski definition) is 3. The fraction of sp³-hybridized carbons (Fsp3) is 0.360. The lowest BCUT2D eigenvalue weighted by atomic mass is 9.81. The van der Waals surface area contributed by atoms with Crippen molar-refractivity contribution < 1.29 is 14.7 Å². The second-order valence-electron chi connectivity index (χ2n) is 8.03. The molecule has 0 atom stereocenters. The zero-order valence-electron chi connectivity index (χ0n) is 16.5. The van der Waals surface area contributed by atoms with Crippen molar-refractivity contribution in [3.8, 4) is 11.8 Å². The molecule has 1 fully saturated rings. The number of fused-ring (bicyclic) bond motifs is 1. The molecule has 0 bridgehead atoms. The van der Waals surface area contributed by atoms with Gasteiger partial charge in [0.05, 0.1) is 23.3 Å². The fourth-order valence-electron chi connectivity index (χ4n) is 4.24. The molecule has 0 unspecified atom stereocenters. The Kier molecular flexibility index (Phi) is 5.51. The number of carbonyl (C=O) groups is 2. The van der Waals surface area contributed by atoms with Gasteiger partial charge in [-0.3, -0.25) is 14.5 Å². The summed E-state index contributed by atoms with van der Waals surface area (Å²) >= 11 is 0. The molecular formula is C25H25NO3. The Bertz CT molecular complexity index is 957. The van der Waals surface area contributed by atoms with Crippen molar-refractivity contribution in [1.82, 2.24) is 4.90 Å². The van der Waals surface area contributed by atoms with Gasteiger partial charge in [0.2, 0.25) is 0 Å². The van der Waals surface area contributed by atoms with Gasteiger partial charge in [0.15, 0.2) is 0 Å². The van der Waals surface area contributed by atoms with Crippen molar-refractivity contribution in [2.75, 3.05) is 6.54 Å². The van der Waals surface area contributed by atoms with Crippen LogP contribution in [0.15, 0.2) is 48.5 Å². The van der Waals surface area contributed by atoms with E-state index in [0.29, 0.717) is 11.1 Å². The number of carbonyl (C=O) groups excluding carboxylic acids is 2. The third-order valence-corrected chi connectivity index (χ3v) is 5.94. The van der Waals surface area contributed by atoms with Crippen LogP contribution in [-0.4, -0.2) is 34.0 Å². The van der Waals surface area contributed by atoms with E-state index < -0.39 is 5.60 Å². The molecule has 1 N–H and O–H groups in total. The van der Waals surface area contributed by atoms with Crippen molar-refractivity contribution in [2.24, 2.45) is 0 Å². The zero-order valence-corrected chi connectivity index (χ0v) is 16.5. The van der Waals surface area contributed by atoms with Gasteiger partial charge in [0.1, 0.15) is 0 Å². The molecule has 148 valence electrons. The lowest BCUT2D eigenvalue weighted by Gasteiger charge is -2.32. The minimum atomic E-state index is -0.522. The molecule has 4 nitrogen and oxygen atoms in total. The number of aryl methyl sites for hydroxylation is 1. The van der Waals surface area contributed by atoms with Gasteiger partial charge in [0, 0.05) is 5.56 Å². The first-order chi connectivity index (χ1) is 14.1. The predicted molar refractivity (Wildman–Crippen MR) is 111 cm³/mol. The highest BCUT2D eigenvalue weighted by molar-refractivity contribution is 6.21. The monoisotopic (exact) mass is 387 g/mol. The molecule has 0 radical (unpaired) electrons. The maximum absolute atomic E-state index is 12.4. The quantitative estimate of drug-likeness (QED) is 0.638. The Morgan fingerprint density at radius 3 is 2.31 bits per heavy atom. The molecule has 4 rings (SSSR count). The highest BCUT2D eigenvalue weighted by atomic mass is 16.3. The van der Waals surface area contributed by atoms with Crippen LogP contribution in [0.3, 0.4) is 0 Å². The van der Waals surface area contributed by atoms with Gasteiger partial charge in [-0.15, -0.1) is 0 Å². The predicted octanol–water partition coefficient (Wildman–Crippen LogP) is 3.96. The molecule has 2 aromatic carbocycles. The van der Waals surface area contributed by atoms with Gasteiger partial charge in [-0.1, -0.05) is 55.4 Å². The average molecular weight is 387 g/mol. The minimum absolute atomic E-state index is 0.0797. The third-order valence-electron chi connectivity index (χ3n) is 5.94. The van der Waals surface area contributed by atoms with Crippen LogP contribution in [-0.2, 0) is 6.42 Å². The van der Waals surface area contributed by atoms with Crippen molar-refractivity contribution in [1.29, 1.82) is 0 Å². The van der Waals surface area contributed by atoms with Crippen LogP contribution < -0.4 is 0 Å². The maximum atomic E-state index is 12.4. The Morgan fingerprint density at radius 1 is 0.931 bits per heavy atom. The van der Waals surface area contributed by atoms with Crippen molar-refractivity contribution >= 4 is 11.8 Å². The van der Waals surface area contributed by atoms with E-state index in [9.17, 15) is 14.7 Å². The van der Waals surface area contributed by atoms with Gasteiger partial charge < -0.3 is 5.11 Å². The molecule has 0 aromatic heterocycles. The van der Waals surface area contributed by atoms with Crippen LogP contribution in [0.25, 0.3) is 0 Å². The second-order valence-corrected chi connectivity index (χ2v) is 8.03. The van der Waals surface area contributed by atoms with Crippen molar-refractivity contribution in [3.63, 3.8) is 0 Å². The van der Waals surface area contributed by atoms with E-state index in [1.54, 1.807) is 24.3 Å². The molecule has 2 amide bonds. The summed E-state index contributed by atoms with van der Waals surface area (Å²) in [5.41, 5.74) is 2.38. The molecule has 1 heterocycles. The topological polar surface area (TPSA) is 57.6 Å². The van der Waals surface area contributed by atoms with Gasteiger partial charge in [-0.25, -0.2) is 0 Å². The van der Waals surface area contributed by atoms with Crippen molar-refractivity contribution in [3.05, 3.63) is 70.8 Å². The molecule has 2 aromatic rings. The number of nitrogens with zero attached hydrogens (tertiary/aromatic N) is 1. The standard InChI is InChI=1S/C25H25NO3/c27-23-21-11-2-3-12-22(21)24(28)26(23)17-7-10-19-8-6-9-20(18-19)13-16-25(29)14-4-1-5-15-25/h2-3,6,8-9,11-12,18,29H,1,4-5,13-17H2. The Labute approximate surface area is 171 Å². The Hall–Kier alpha value is -2.90. The number of rotatable bonds is 4. The van der Waals surface area contributed by atoms with Gasteiger partial charge in [-0.05, 0) is 55.5 Å². The lowest BCUT2D eigenvalue weighted by Crippen LogP contribution is -2.31. The van der Waals surface area contributed by atoms with Crippen molar-refractivity contribution in [2.45, 2.75) is 50.5 Å². The van der Waals surface area contributed by atoms with Crippen LogP contribution >= 0.6 is 0 Å². The largest absolute Gasteiger partial charge is 0.390 e. The molecule has 2 aliphatic rings. The fourth-order valence-corrected chi connectivity index (χ4v) is 4.24. The maximum Gasteiger partial charge on any atom is 0.262 e. The SMILES string of the molecule is O=C1c2ccccc2C(=O)N1CC#Cc1cccc(CCC2(O)CCCCC2)c1. The van der Waals surface area contributed by atoms with Gasteiger partial charge >= 0.3 is 0 Å². The molecular weight excluding hydrogens is 362 g/mol. The molecule has 1 saturated carbocycles. The van der Waals surface area contributed by atoms with Crippen LogP contribution in [0.2, 0.25) is 0 Å². The Morgan fingerprint density at radius 2 is 1.62 bits per heavy atom. The molecule has 1 aliphatic heterocycles. The number of imide groups is 1. The first kappa shape index (κ1) is 19.4. The highest BCUT2D eigenvalue weighted by Gasteiger charge is 2.34. The van der Waals surface area contributed by atoms with E-state index in [1.165, 1.54) is 11.3 Å². The summed E-state index contributed by atoms with van der Waals surface area (Å²) in [7, 11) is 0. The third kappa shape index (κ3) is 4.26. The number of hydrogen-bond donors (Lipinski definition) is 1. The van der Waals surface area contributed by atoms with E-state index >= 15 is 0 Å². The summed E-state index contributed by atoms with van der Waals surface area (Å²) in [6, 6.07) is 14.8. The molecule has 1 aliphatic carbocycles. The summed E-state index contributed by atoms with van der Waals surface area (Å²) < 4.78 is 0. The first-order valence-corrected chi connectivity index (χ1v) is 10.3. The normalized spacial score (nSPS) is 17.6. The zero-order chi connectivity index (χ0) is 20.3. The van der Waals surface area contributed by atoms with E-state index in [0.717, 1.165) is 49.7 Å². The number of aliphatic hydroxyl groups is 1. The molecule has 29 heavy (non-hydrogen) atoms. The van der Waals surface area contributed by atoms with E-state index in [2.05, 4.69) is 17.9 Å². The number of benzene rings is 2. The second kappa shape index (κ2) is 8.23.